The van der Waals surface area contributed by atoms with Crippen LogP contribution in [0.25, 0.3) is 22.5 Å². The van der Waals surface area contributed by atoms with Crippen molar-refractivity contribution in [3.8, 4) is 28.6 Å². The summed E-state index contributed by atoms with van der Waals surface area (Å²) < 4.78 is 80.7. The number of halogens is 6. The van der Waals surface area contributed by atoms with Crippen molar-refractivity contribution in [2.45, 2.75) is 56.4 Å². The SMILES string of the molecule is Cn1cc(-c2nnc(C#N)cc2C2CC2)c(C(F)(F)F)n1.Cn1cc(-c2nnc(CN)cc2C2CC2)c(C(F)(F)F)n1. The van der Waals surface area contributed by atoms with Crippen LogP contribution in [0.1, 0.15) is 71.4 Å². The summed E-state index contributed by atoms with van der Waals surface area (Å²) in [6.45, 7) is 0.214. The maximum absolute atomic E-state index is 13.1. The van der Waals surface area contributed by atoms with Crippen molar-refractivity contribution < 1.29 is 26.3 Å². The highest BCUT2D eigenvalue weighted by Crippen LogP contribution is 2.47. The molecule has 0 radical (unpaired) electrons. The molecule has 0 unspecified atom stereocenters. The Morgan fingerprint density at radius 2 is 1.24 bits per heavy atom. The molecule has 10 nitrogen and oxygen atoms in total. The third-order valence-corrected chi connectivity index (χ3v) is 6.76. The Kier molecular flexibility index (Phi) is 7.48. The number of nitrogens with two attached hydrogens (primary N) is 1. The number of hydrogen-bond acceptors (Lipinski definition) is 8. The maximum atomic E-state index is 13.1. The van der Waals surface area contributed by atoms with E-state index in [4.69, 9.17) is 11.0 Å². The molecule has 16 heteroatoms. The van der Waals surface area contributed by atoms with E-state index < -0.39 is 23.7 Å². The van der Waals surface area contributed by atoms with Gasteiger partial charge in [-0.15, -0.1) is 15.3 Å². The first-order valence-corrected chi connectivity index (χ1v) is 12.9. The van der Waals surface area contributed by atoms with Gasteiger partial charge in [0.1, 0.15) is 17.5 Å². The lowest BCUT2D eigenvalue weighted by molar-refractivity contribution is -0.141. The zero-order valence-corrected chi connectivity index (χ0v) is 22.4. The number of nitriles is 1. The fraction of sp³-hybridized carbons (Fsp3) is 0.423. The quantitative estimate of drug-likeness (QED) is 0.325. The lowest BCUT2D eigenvalue weighted by atomic mass is 10.0. The highest BCUT2D eigenvalue weighted by atomic mass is 19.4. The number of rotatable bonds is 5. The summed E-state index contributed by atoms with van der Waals surface area (Å²) in [4.78, 5) is 0. The standard InChI is InChI=1S/C13H14F3N5.C13H10F3N5/c2*1-21-6-10(12(20-21)13(14,15)16)11-9(7-2-3-7)4-8(5-17)18-19-11/h4,6-7H,2-3,5,17H2,1H3;4,6-7H,2-3H2,1H3. The fourth-order valence-electron chi connectivity index (χ4n) is 4.58. The molecule has 0 atom stereocenters. The van der Waals surface area contributed by atoms with Gasteiger partial charge in [-0.05, 0) is 60.8 Å². The Balaban J connectivity index is 0.000000168. The van der Waals surface area contributed by atoms with Gasteiger partial charge in [-0.3, -0.25) is 9.36 Å². The zero-order valence-electron chi connectivity index (χ0n) is 22.4. The number of hydrogen-bond donors (Lipinski definition) is 1. The summed E-state index contributed by atoms with van der Waals surface area (Å²) in [6, 6.07) is 5.14. The number of aromatic nitrogens is 8. The number of nitrogens with zero attached hydrogens (tertiary/aromatic N) is 9. The van der Waals surface area contributed by atoms with Crippen molar-refractivity contribution in [3.63, 3.8) is 0 Å². The van der Waals surface area contributed by atoms with Gasteiger partial charge in [-0.1, -0.05) is 0 Å². The van der Waals surface area contributed by atoms with Crippen LogP contribution in [0, 0.1) is 11.3 Å². The summed E-state index contributed by atoms with van der Waals surface area (Å²) in [5, 5.41) is 31.3. The first-order chi connectivity index (χ1) is 19.8. The van der Waals surface area contributed by atoms with Crippen molar-refractivity contribution in [1.29, 1.82) is 5.26 Å². The molecule has 220 valence electrons. The summed E-state index contributed by atoms with van der Waals surface area (Å²) in [6.07, 6.45) is -2.81. The molecule has 0 aliphatic heterocycles. The predicted octanol–water partition coefficient (Wildman–Crippen LogP) is 4.88. The molecule has 0 bridgehead atoms. The van der Waals surface area contributed by atoms with Crippen molar-refractivity contribution in [2.75, 3.05) is 0 Å². The van der Waals surface area contributed by atoms with Gasteiger partial charge < -0.3 is 5.73 Å². The topological polar surface area (TPSA) is 137 Å². The van der Waals surface area contributed by atoms with E-state index in [0.29, 0.717) is 11.3 Å². The minimum absolute atomic E-state index is 0.0250. The Morgan fingerprint density at radius 1 is 0.786 bits per heavy atom. The highest BCUT2D eigenvalue weighted by molar-refractivity contribution is 5.67. The Bertz CT molecular complexity index is 1660. The Morgan fingerprint density at radius 3 is 1.64 bits per heavy atom. The van der Waals surface area contributed by atoms with Crippen molar-refractivity contribution in [2.24, 2.45) is 19.8 Å². The second-order valence-corrected chi connectivity index (χ2v) is 10.2. The molecule has 4 aromatic rings. The summed E-state index contributed by atoms with van der Waals surface area (Å²) in [7, 11) is 2.88. The van der Waals surface area contributed by atoms with Crippen LogP contribution in [0.2, 0.25) is 0 Å². The number of aryl methyl sites for hydroxylation is 2. The summed E-state index contributed by atoms with van der Waals surface area (Å²) in [5.41, 5.74) is 6.04. The van der Waals surface area contributed by atoms with Crippen LogP contribution in [0.5, 0.6) is 0 Å². The molecule has 2 fully saturated rings. The molecule has 2 saturated carbocycles. The van der Waals surface area contributed by atoms with Gasteiger partial charge in [-0.2, -0.15) is 46.9 Å². The molecule has 0 amide bonds. The van der Waals surface area contributed by atoms with Crippen LogP contribution in [-0.2, 0) is 33.0 Å². The minimum atomic E-state index is -4.56. The average Bonchev–Trinajstić information content (AvgIpc) is 3.87. The molecule has 4 aromatic heterocycles. The van der Waals surface area contributed by atoms with Gasteiger partial charge in [0.15, 0.2) is 17.1 Å². The van der Waals surface area contributed by atoms with Crippen LogP contribution in [0.3, 0.4) is 0 Å². The van der Waals surface area contributed by atoms with Crippen LogP contribution >= 0.6 is 0 Å². The molecule has 0 spiro atoms. The fourth-order valence-corrected chi connectivity index (χ4v) is 4.58. The van der Waals surface area contributed by atoms with Gasteiger partial charge in [0.2, 0.25) is 0 Å². The lowest BCUT2D eigenvalue weighted by Crippen LogP contribution is -2.10. The van der Waals surface area contributed by atoms with E-state index in [2.05, 4.69) is 30.6 Å². The van der Waals surface area contributed by atoms with Crippen LogP contribution in [0.4, 0.5) is 26.3 Å². The van der Waals surface area contributed by atoms with Gasteiger partial charge in [0.25, 0.3) is 0 Å². The maximum Gasteiger partial charge on any atom is 0.435 e. The normalized spacial score (nSPS) is 15.2. The molecular formula is C26H24F6N10. The first-order valence-electron chi connectivity index (χ1n) is 12.9. The van der Waals surface area contributed by atoms with E-state index >= 15 is 0 Å². The second-order valence-electron chi connectivity index (χ2n) is 10.2. The third-order valence-electron chi connectivity index (χ3n) is 6.76. The number of alkyl halides is 6. The van der Waals surface area contributed by atoms with Crippen LogP contribution < -0.4 is 5.73 Å². The Hall–Kier alpha value is -4.39. The van der Waals surface area contributed by atoms with Gasteiger partial charge in [-0.25, -0.2) is 0 Å². The summed E-state index contributed by atoms with van der Waals surface area (Å²) in [5.74, 6) is 0.381. The minimum Gasteiger partial charge on any atom is -0.325 e. The lowest BCUT2D eigenvalue weighted by Gasteiger charge is -2.10. The molecular weight excluding hydrogens is 566 g/mol. The van der Waals surface area contributed by atoms with E-state index in [1.807, 2.05) is 6.07 Å². The molecule has 4 heterocycles. The molecule has 42 heavy (non-hydrogen) atoms. The van der Waals surface area contributed by atoms with Gasteiger partial charge in [0, 0.05) is 33.0 Å². The Labute approximate surface area is 235 Å². The molecule has 0 saturated heterocycles. The summed E-state index contributed by atoms with van der Waals surface area (Å²) >= 11 is 0. The van der Waals surface area contributed by atoms with Gasteiger partial charge >= 0.3 is 12.4 Å². The molecule has 2 aliphatic carbocycles. The van der Waals surface area contributed by atoms with E-state index in [1.165, 1.54) is 32.6 Å². The largest absolute Gasteiger partial charge is 0.435 e. The second kappa shape index (κ2) is 10.8. The van der Waals surface area contributed by atoms with Crippen molar-refractivity contribution in [3.05, 3.63) is 58.4 Å². The van der Waals surface area contributed by atoms with Gasteiger partial charge in [0.05, 0.1) is 16.8 Å². The molecule has 2 N–H and O–H groups in total. The van der Waals surface area contributed by atoms with E-state index in [-0.39, 0.29) is 46.6 Å². The smallest absolute Gasteiger partial charge is 0.325 e. The molecule has 0 aromatic carbocycles. The highest BCUT2D eigenvalue weighted by Gasteiger charge is 2.41. The van der Waals surface area contributed by atoms with E-state index in [0.717, 1.165) is 40.6 Å². The molecule has 2 aliphatic rings. The predicted molar refractivity (Wildman–Crippen MR) is 135 cm³/mol. The molecule has 6 rings (SSSR count). The zero-order chi connectivity index (χ0) is 30.4. The third kappa shape index (κ3) is 6.10. The first kappa shape index (κ1) is 29.1. The van der Waals surface area contributed by atoms with Crippen LogP contribution in [-0.4, -0.2) is 40.0 Å². The van der Waals surface area contributed by atoms with E-state index in [1.54, 1.807) is 6.07 Å². The van der Waals surface area contributed by atoms with E-state index in [9.17, 15) is 26.3 Å². The van der Waals surface area contributed by atoms with Crippen LogP contribution in [0.15, 0.2) is 24.5 Å². The average molecular weight is 591 g/mol. The van der Waals surface area contributed by atoms with Crippen molar-refractivity contribution >= 4 is 0 Å². The van der Waals surface area contributed by atoms with Crippen molar-refractivity contribution in [1.82, 2.24) is 40.0 Å². The monoisotopic (exact) mass is 590 g/mol.